The number of rotatable bonds is 8. The first-order valence-corrected chi connectivity index (χ1v) is 11.9. The van der Waals surface area contributed by atoms with Crippen LogP contribution < -0.4 is 14.8 Å². The van der Waals surface area contributed by atoms with E-state index < -0.39 is 0 Å². The number of nitrogens with zero attached hydrogens (tertiary/aromatic N) is 2. The van der Waals surface area contributed by atoms with Crippen molar-refractivity contribution in [3.8, 4) is 11.5 Å². The van der Waals surface area contributed by atoms with Crippen LogP contribution in [-0.2, 0) is 16.1 Å². The highest BCUT2D eigenvalue weighted by molar-refractivity contribution is 5.95. The highest BCUT2D eigenvalue weighted by Crippen LogP contribution is 2.28. The molecule has 2 aromatic carbocycles. The minimum Gasteiger partial charge on any atom is -0.493 e. The smallest absolute Gasteiger partial charge is 0.260 e. The van der Waals surface area contributed by atoms with Crippen LogP contribution in [0.5, 0.6) is 11.5 Å². The Labute approximate surface area is 200 Å². The van der Waals surface area contributed by atoms with E-state index in [0.717, 1.165) is 32.5 Å². The number of piperidine rings is 1. The molecular weight excluding hydrogens is 434 g/mol. The third-order valence-corrected chi connectivity index (χ3v) is 6.31. The number of hydrogen-bond donors (Lipinski definition) is 1. The van der Waals surface area contributed by atoms with E-state index in [1.807, 2.05) is 6.07 Å². The molecule has 34 heavy (non-hydrogen) atoms. The Kier molecular flexibility index (Phi) is 8.38. The number of carbonyl (C=O) groups is 2. The predicted octanol–water partition coefficient (Wildman–Crippen LogP) is 2.33. The monoisotopic (exact) mass is 467 g/mol. The van der Waals surface area contributed by atoms with Crippen molar-refractivity contribution in [1.29, 1.82) is 0 Å². The standard InChI is InChI=1S/C26H33N3O5/c1-32-24-17-21(7-8-23(24)34-19-25(30)29-13-15-33-16-14-29)26(31)27-22-9-11-28(12-10-22)18-20-5-3-2-4-6-20/h2-8,17,22H,9-16,18-19H2,1H3,(H,27,31). The minimum absolute atomic E-state index is 0.0799. The third kappa shape index (κ3) is 6.48. The van der Waals surface area contributed by atoms with Crippen molar-refractivity contribution in [3.63, 3.8) is 0 Å². The van der Waals surface area contributed by atoms with Crippen molar-refractivity contribution in [2.75, 3.05) is 53.1 Å². The molecule has 4 rings (SSSR count). The highest BCUT2D eigenvalue weighted by Gasteiger charge is 2.22. The Morgan fingerprint density at radius 2 is 1.74 bits per heavy atom. The Morgan fingerprint density at radius 1 is 1.00 bits per heavy atom. The quantitative estimate of drug-likeness (QED) is 0.642. The van der Waals surface area contributed by atoms with Crippen molar-refractivity contribution in [2.45, 2.75) is 25.4 Å². The van der Waals surface area contributed by atoms with Gasteiger partial charge in [-0.25, -0.2) is 0 Å². The number of hydrogen-bond acceptors (Lipinski definition) is 6. The van der Waals surface area contributed by atoms with E-state index >= 15 is 0 Å². The van der Waals surface area contributed by atoms with Gasteiger partial charge in [-0.05, 0) is 36.6 Å². The zero-order chi connectivity index (χ0) is 23.8. The van der Waals surface area contributed by atoms with Gasteiger partial charge in [0, 0.05) is 44.3 Å². The summed E-state index contributed by atoms with van der Waals surface area (Å²) >= 11 is 0. The van der Waals surface area contributed by atoms with Gasteiger partial charge in [0.2, 0.25) is 0 Å². The van der Waals surface area contributed by atoms with E-state index in [9.17, 15) is 9.59 Å². The van der Waals surface area contributed by atoms with E-state index in [4.69, 9.17) is 14.2 Å². The van der Waals surface area contributed by atoms with Crippen molar-refractivity contribution in [2.24, 2.45) is 0 Å². The summed E-state index contributed by atoms with van der Waals surface area (Å²) in [7, 11) is 1.52. The van der Waals surface area contributed by atoms with Gasteiger partial charge in [0.05, 0.1) is 20.3 Å². The lowest BCUT2D eigenvalue weighted by atomic mass is 10.0. The van der Waals surface area contributed by atoms with Crippen molar-refractivity contribution in [3.05, 3.63) is 59.7 Å². The molecule has 0 aliphatic carbocycles. The second-order valence-corrected chi connectivity index (χ2v) is 8.66. The van der Waals surface area contributed by atoms with E-state index in [1.165, 1.54) is 12.7 Å². The van der Waals surface area contributed by atoms with E-state index in [-0.39, 0.29) is 24.5 Å². The molecule has 8 heteroatoms. The van der Waals surface area contributed by atoms with Gasteiger partial charge in [0.15, 0.2) is 18.1 Å². The summed E-state index contributed by atoms with van der Waals surface area (Å²) in [4.78, 5) is 29.3. The Morgan fingerprint density at radius 3 is 2.44 bits per heavy atom. The molecule has 2 aliphatic heterocycles. The number of carbonyl (C=O) groups excluding carboxylic acids is 2. The highest BCUT2D eigenvalue weighted by atomic mass is 16.5. The van der Waals surface area contributed by atoms with Crippen LogP contribution >= 0.6 is 0 Å². The lowest BCUT2D eigenvalue weighted by Gasteiger charge is -2.32. The predicted molar refractivity (Wildman–Crippen MR) is 128 cm³/mol. The molecular formula is C26H33N3O5. The van der Waals surface area contributed by atoms with Gasteiger partial charge in [-0.3, -0.25) is 14.5 Å². The first-order chi connectivity index (χ1) is 16.6. The number of methoxy groups -OCH3 is 1. The molecule has 2 aliphatic rings. The topological polar surface area (TPSA) is 80.3 Å². The SMILES string of the molecule is COc1cc(C(=O)NC2CCN(Cc3ccccc3)CC2)ccc1OCC(=O)N1CCOCC1. The largest absolute Gasteiger partial charge is 0.493 e. The van der Waals surface area contributed by atoms with Gasteiger partial charge >= 0.3 is 0 Å². The number of nitrogens with one attached hydrogen (secondary N) is 1. The molecule has 0 aromatic heterocycles. The molecule has 0 radical (unpaired) electrons. The van der Waals surface area contributed by atoms with Crippen LogP contribution in [0.3, 0.4) is 0 Å². The summed E-state index contributed by atoms with van der Waals surface area (Å²) < 4.78 is 16.4. The van der Waals surface area contributed by atoms with Crippen LogP contribution in [0.15, 0.2) is 48.5 Å². The Bertz CT molecular complexity index is 954. The molecule has 2 amide bonds. The average molecular weight is 468 g/mol. The molecule has 0 saturated carbocycles. The van der Waals surface area contributed by atoms with Crippen molar-refractivity contribution >= 4 is 11.8 Å². The number of likely N-dealkylation sites (tertiary alicyclic amines) is 1. The first kappa shape index (κ1) is 24.0. The van der Waals surface area contributed by atoms with E-state index in [1.54, 1.807) is 23.1 Å². The summed E-state index contributed by atoms with van der Waals surface area (Å²) in [5, 5.41) is 3.15. The van der Waals surface area contributed by atoms with Gasteiger partial charge in [0.25, 0.3) is 11.8 Å². The second kappa shape index (κ2) is 11.9. The maximum atomic E-state index is 12.8. The minimum atomic E-state index is -0.129. The number of morpholine rings is 1. The van der Waals surface area contributed by atoms with Gasteiger partial charge in [0.1, 0.15) is 0 Å². The lowest BCUT2D eigenvalue weighted by Crippen LogP contribution is -2.44. The molecule has 2 fully saturated rings. The molecule has 8 nitrogen and oxygen atoms in total. The Hall–Kier alpha value is -3.10. The maximum Gasteiger partial charge on any atom is 0.260 e. The van der Waals surface area contributed by atoms with Gasteiger partial charge in [-0.2, -0.15) is 0 Å². The van der Waals surface area contributed by atoms with Gasteiger partial charge in [-0.15, -0.1) is 0 Å². The Balaban J connectivity index is 1.26. The van der Waals surface area contributed by atoms with E-state index in [2.05, 4.69) is 34.5 Å². The fourth-order valence-corrected chi connectivity index (χ4v) is 4.32. The molecule has 0 bridgehead atoms. The van der Waals surface area contributed by atoms with Crippen LogP contribution in [-0.4, -0.2) is 80.8 Å². The summed E-state index contributed by atoms with van der Waals surface area (Å²) in [6, 6.07) is 15.6. The normalized spacial score (nSPS) is 17.3. The molecule has 2 saturated heterocycles. The van der Waals surface area contributed by atoms with Crippen LogP contribution in [0, 0.1) is 0 Å². The molecule has 182 valence electrons. The maximum absolute atomic E-state index is 12.8. The average Bonchev–Trinajstić information content (AvgIpc) is 2.89. The van der Waals surface area contributed by atoms with Crippen LogP contribution in [0.4, 0.5) is 0 Å². The molecule has 1 N–H and O–H groups in total. The molecule has 2 heterocycles. The van der Waals surface area contributed by atoms with Crippen LogP contribution in [0.1, 0.15) is 28.8 Å². The molecule has 0 spiro atoms. The molecule has 0 atom stereocenters. The summed E-state index contributed by atoms with van der Waals surface area (Å²) in [5.41, 5.74) is 1.82. The number of amides is 2. The van der Waals surface area contributed by atoms with Gasteiger partial charge in [-0.1, -0.05) is 30.3 Å². The number of ether oxygens (including phenoxy) is 3. The van der Waals surface area contributed by atoms with Crippen LogP contribution in [0.2, 0.25) is 0 Å². The second-order valence-electron chi connectivity index (χ2n) is 8.66. The first-order valence-electron chi connectivity index (χ1n) is 11.9. The summed E-state index contributed by atoms with van der Waals surface area (Å²) in [6.07, 6.45) is 1.83. The van der Waals surface area contributed by atoms with Crippen molar-refractivity contribution in [1.82, 2.24) is 15.1 Å². The van der Waals surface area contributed by atoms with Gasteiger partial charge < -0.3 is 24.4 Å². The summed E-state index contributed by atoms with van der Waals surface area (Å²) in [5.74, 6) is 0.650. The number of benzene rings is 2. The molecule has 0 unspecified atom stereocenters. The van der Waals surface area contributed by atoms with Crippen LogP contribution in [0.25, 0.3) is 0 Å². The van der Waals surface area contributed by atoms with Crippen molar-refractivity contribution < 1.29 is 23.8 Å². The zero-order valence-electron chi connectivity index (χ0n) is 19.7. The summed E-state index contributed by atoms with van der Waals surface area (Å²) in [6.45, 7) is 5.00. The molecule has 2 aromatic rings. The van der Waals surface area contributed by atoms with E-state index in [0.29, 0.717) is 43.4 Å². The lowest BCUT2D eigenvalue weighted by molar-refractivity contribution is -0.137. The zero-order valence-corrected chi connectivity index (χ0v) is 19.7. The fourth-order valence-electron chi connectivity index (χ4n) is 4.32. The fraction of sp³-hybridized carbons (Fsp3) is 0.462. The third-order valence-electron chi connectivity index (χ3n) is 6.31.